The topological polar surface area (TPSA) is 61.6 Å². The van der Waals surface area contributed by atoms with Crippen LogP contribution in [0, 0.1) is 10.1 Å². The minimum absolute atomic E-state index is 0.123. The van der Waals surface area contributed by atoms with E-state index in [4.69, 9.17) is 0 Å². The molecule has 2 rings (SSSR count). The van der Waals surface area contributed by atoms with Crippen molar-refractivity contribution in [2.24, 2.45) is 0 Å². The summed E-state index contributed by atoms with van der Waals surface area (Å²) in [6, 6.07) is 7.02. The van der Waals surface area contributed by atoms with E-state index in [9.17, 15) is 10.1 Å². The van der Waals surface area contributed by atoms with Crippen molar-refractivity contribution in [2.75, 3.05) is 33.2 Å². The number of piperazine rings is 1. The van der Waals surface area contributed by atoms with Crippen LogP contribution >= 0.6 is 0 Å². The second kappa shape index (κ2) is 6.78. The molecule has 1 aliphatic heterocycles. The van der Waals surface area contributed by atoms with Crippen LogP contribution in [-0.4, -0.2) is 48.1 Å². The Morgan fingerprint density at radius 1 is 1.35 bits per heavy atom. The molecule has 0 amide bonds. The molecule has 20 heavy (non-hydrogen) atoms. The van der Waals surface area contributed by atoms with Crippen molar-refractivity contribution in [2.45, 2.75) is 19.4 Å². The van der Waals surface area contributed by atoms with Crippen LogP contribution in [0.1, 0.15) is 24.9 Å². The van der Waals surface area contributed by atoms with Crippen LogP contribution < -0.4 is 5.43 Å². The summed E-state index contributed by atoms with van der Waals surface area (Å²) in [6.07, 6.45) is 0.896. The Morgan fingerprint density at radius 2 is 2.05 bits per heavy atom. The molecular formula is C14H22N4O2. The van der Waals surface area contributed by atoms with E-state index >= 15 is 0 Å². The van der Waals surface area contributed by atoms with E-state index in [0.29, 0.717) is 0 Å². The van der Waals surface area contributed by atoms with Crippen LogP contribution in [-0.2, 0) is 0 Å². The summed E-state index contributed by atoms with van der Waals surface area (Å²) in [4.78, 5) is 12.8. The lowest BCUT2D eigenvalue weighted by atomic mass is 10.0. The van der Waals surface area contributed by atoms with E-state index < -0.39 is 0 Å². The number of nitrogens with zero attached hydrogens (tertiary/aromatic N) is 3. The number of nitrogens with one attached hydrogen (secondary N) is 1. The van der Waals surface area contributed by atoms with Crippen LogP contribution in [0.4, 0.5) is 5.69 Å². The van der Waals surface area contributed by atoms with Gasteiger partial charge in [0.2, 0.25) is 0 Å². The summed E-state index contributed by atoms with van der Waals surface area (Å²) in [6.45, 7) is 6.12. The minimum atomic E-state index is -0.341. The van der Waals surface area contributed by atoms with Gasteiger partial charge in [-0.25, -0.2) is 10.4 Å². The fraction of sp³-hybridized carbons (Fsp3) is 0.571. The molecule has 0 radical (unpaired) electrons. The van der Waals surface area contributed by atoms with E-state index in [1.54, 1.807) is 12.1 Å². The zero-order valence-corrected chi connectivity index (χ0v) is 12.1. The SMILES string of the molecule is CCC(NN1CCN(C)CC1)c1cccc([N+](=O)[O-])c1. The van der Waals surface area contributed by atoms with Crippen molar-refractivity contribution in [1.29, 1.82) is 0 Å². The summed E-state index contributed by atoms with van der Waals surface area (Å²) in [5.41, 5.74) is 4.62. The van der Waals surface area contributed by atoms with Crippen LogP contribution in [0.25, 0.3) is 0 Å². The first kappa shape index (κ1) is 14.9. The zero-order valence-electron chi connectivity index (χ0n) is 12.1. The summed E-state index contributed by atoms with van der Waals surface area (Å²) < 4.78 is 0. The summed E-state index contributed by atoms with van der Waals surface area (Å²) in [5.74, 6) is 0. The predicted octanol–water partition coefficient (Wildman–Crippen LogP) is 1.80. The van der Waals surface area contributed by atoms with Crippen LogP contribution in [0.5, 0.6) is 0 Å². The molecule has 0 aliphatic carbocycles. The Hall–Kier alpha value is -1.50. The van der Waals surface area contributed by atoms with Gasteiger partial charge in [-0.1, -0.05) is 19.1 Å². The molecule has 0 spiro atoms. The van der Waals surface area contributed by atoms with Gasteiger partial charge in [0.05, 0.1) is 4.92 Å². The van der Waals surface area contributed by atoms with Gasteiger partial charge in [-0.05, 0) is 19.0 Å². The average molecular weight is 278 g/mol. The first-order chi connectivity index (χ1) is 9.60. The molecule has 0 saturated carbocycles. The molecule has 1 aliphatic rings. The number of hydrogen-bond acceptors (Lipinski definition) is 5. The quantitative estimate of drug-likeness (QED) is 0.657. The average Bonchev–Trinajstić information content (AvgIpc) is 2.46. The molecule has 0 bridgehead atoms. The molecule has 1 atom stereocenters. The highest BCUT2D eigenvalue weighted by atomic mass is 16.6. The molecule has 1 aromatic carbocycles. The number of non-ortho nitro benzene ring substituents is 1. The van der Waals surface area contributed by atoms with E-state index in [1.807, 2.05) is 6.07 Å². The molecule has 6 heteroatoms. The predicted molar refractivity (Wildman–Crippen MR) is 78.3 cm³/mol. The summed E-state index contributed by atoms with van der Waals surface area (Å²) in [7, 11) is 2.12. The molecule has 110 valence electrons. The van der Waals surface area contributed by atoms with Gasteiger partial charge in [0.25, 0.3) is 5.69 Å². The summed E-state index contributed by atoms with van der Waals surface area (Å²) >= 11 is 0. The molecule has 1 unspecified atom stereocenters. The van der Waals surface area contributed by atoms with Crippen molar-refractivity contribution in [3.8, 4) is 0 Å². The molecule has 1 heterocycles. The molecule has 1 aromatic rings. The number of benzene rings is 1. The van der Waals surface area contributed by atoms with E-state index in [-0.39, 0.29) is 16.7 Å². The smallest absolute Gasteiger partial charge is 0.269 e. The lowest BCUT2D eigenvalue weighted by Crippen LogP contribution is -2.51. The third-order valence-corrected chi connectivity index (χ3v) is 3.73. The highest BCUT2D eigenvalue weighted by Gasteiger charge is 2.19. The van der Waals surface area contributed by atoms with Gasteiger partial charge in [0, 0.05) is 44.4 Å². The monoisotopic (exact) mass is 278 g/mol. The lowest BCUT2D eigenvalue weighted by molar-refractivity contribution is -0.384. The number of hydrogen-bond donors (Lipinski definition) is 1. The zero-order chi connectivity index (χ0) is 14.5. The second-order valence-corrected chi connectivity index (χ2v) is 5.23. The van der Waals surface area contributed by atoms with Gasteiger partial charge in [0.1, 0.15) is 0 Å². The maximum Gasteiger partial charge on any atom is 0.269 e. The Kier molecular flexibility index (Phi) is 5.05. The number of rotatable bonds is 5. The first-order valence-electron chi connectivity index (χ1n) is 7.04. The van der Waals surface area contributed by atoms with Gasteiger partial charge in [-0.3, -0.25) is 10.1 Å². The highest BCUT2D eigenvalue weighted by molar-refractivity contribution is 5.35. The largest absolute Gasteiger partial charge is 0.304 e. The molecule has 0 aromatic heterocycles. The molecule has 1 saturated heterocycles. The van der Waals surface area contributed by atoms with E-state index in [0.717, 1.165) is 38.2 Å². The Balaban J connectivity index is 2.04. The lowest BCUT2D eigenvalue weighted by Gasteiger charge is -2.35. The Morgan fingerprint density at radius 3 is 2.65 bits per heavy atom. The normalized spacial score (nSPS) is 18.9. The van der Waals surface area contributed by atoms with E-state index in [1.165, 1.54) is 6.07 Å². The van der Waals surface area contributed by atoms with Crippen molar-refractivity contribution < 1.29 is 4.92 Å². The van der Waals surface area contributed by atoms with Crippen molar-refractivity contribution in [3.63, 3.8) is 0 Å². The van der Waals surface area contributed by atoms with Crippen molar-refractivity contribution in [3.05, 3.63) is 39.9 Å². The van der Waals surface area contributed by atoms with Crippen LogP contribution in [0.3, 0.4) is 0 Å². The number of hydrazine groups is 1. The number of nitro benzene ring substituents is 1. The number of likely N-dealkylation sites (N-methyl/N-ethyl adjacent to an activating group) is 1. The fourth-order valence-electron chi connectivity index (χ4n) is 2.41. The van der Waals surface area contributed by atoms with Gasteiger partial charge in [-0.15, -0.1) is 0 Å². The second-order valence-electron chi connectivity index (χ2n) is 5.23. The molecule has 1 fully saturated rings. The third kappa shape index (κ3) is 3.75. The van der Waals surface area contributed by atoms with Gasteiger partial charge < -0.3 is 4.90 Å². The molecule has 1 N–H and O–H groups in total. The maximum absolute atomic E-state index is 10.9. The number of nitro groups is 1. The van der Waals surface area contributed by atoms with Crippen molar-refractivity contribution in [1.82, 2.24) is 15.3 Å². The van der Waals surface area contributed by atoms with Gasteiger partial charge in [0.15, 0.2) is 0 Å². The standard InChI is InChI=1S/C14H22N4O2/c1-3-14(15-17-9-7-16(2)8-10-17)12-5-4-6-13(11-12)18(19)20/h4-6,11,14-15H,3,7-10H2,1-2H3. The van der Waals surface area contributed by atoms with E-state index in [2.05, 4.69) is 29.3 Å². The van der Waals surface area contributed by atoms with Crippen LogP contribution in [0.15, 0.2) is 24.3 Å². The van der Waals surface area contributed by atoms with Crippen molar-refractivity contribution >= 4 is 5.69 Å². The molecule has 6 nitrogen and oxygen atoms in total. The third-order valence-electron chi connectivity index (χ3n) is 3.73. The van der Waals surface area contributed by atoms with Crippen LogP contribution in [0.2, 0.25) is 0 Å². The first-order valence-corrected chi connectivity index (χ1v) is 7.04. The maximum atomic E-state index is 10.9. The van der Waals surface area contributed by atoms with Gasteiger partial charge in [-0.2, -0.15) is 0 Å². The van der Waals surface area contributed by atoms with Gasteiger partial charge >= 0.3 is 0 Å². The minimum Gasteiger partial charge on any atom is -0.304 e. The Labute approximate surface area is 119 Å². The summed E-state index contributed by atoms with van der Waals surface area (Å²) in [5, 5.41) is 13.1. The Bertz CT molecular complexity index is 458. The fourth-order valence-corrected chi connectivity index (χ4v) is 2.41. The highest BCUT2D eigenvalue weighted by Crippen LogP contribution is 2.22. The molecular weight excluding hydrogens is 256 g/mol.